The van der Waals surface area contributed by atoms with E-state index in [1.54, 1.807) is 5.06 Å². The maximum Gasteiger partial charge on any atom is 0.360 e. The van der Waals surface area contributed by atoms with Crippen LogP contribution in [0.1, 0.15) is 10.4 Å². The third-order valence-electron chi connectivity index (χ3n) is 4.87. The molecule has 3 heterocycles. The molecular weight excluding hydrogens is 399 g/mol. The van der Waals surface area contributed by atoms with Gasteiger partial charge in [0.15, 0.2) is 0 Å². The molecule has 2 aliphatic heterocycles. The lowest BCUT2D eigenvalue weighted by Crippen LogP contribution is -2.44. The number of nitrogens with one attached hydrogen (secondary N) is 2. The van der Waals surface area contributed by atoms with Crippen LogP contribution in [0.15, 0.2) is 24.4 Å². The summed E-state index contributed by atoms with van der Waals surface area (Å²) >= 11 is 6.28. The van der Waals surface area contributed by atoms with E-state index >= 15 is 0 Å². The number of carbonyl (C=O) groups is 1. The van der Waals surface area contributed by atoms with Gasteiger partial charge >= 0.3 is 5.97 Å². The molecule has 0 unspecified atom stereocenters. The molecule has 8 nitrogen and oxygen atoms in total. The van der Waals surface area contributed by atoms with E-state index in [2.05, 4.69) is 20.6 Å². The lowest BCUT2D eigenvalue weighted by Gasteiger charge is -2.28. The van der Waals surface area contributed by atoms with Crippen LogP contribution in [0.25, 0.3) is 11.3 Å². The number of nitrogens with zero attached hydrogens (tertiary/aromatic N) is 4. The Morgan fingerprint density at radius 3 is 2.48 bits per heavy atom. The van der Waals surface area contributed by atoms with Crippen molar-refractivity contribution in [2.45, 2.75) is 0 Å². The Bertz CT molecular complexity index is 887. The van der Waals surface area contributed by atoms with Crippen molar-refractivity contribution in [3.8, 4) is 11.3 Å². The Hall–Kier alpha value is -2.33. The minimum atomic E-state index is -0.561. The van der Waals surface area contributed by atoms with Gasteiger partial charge in [-0.15, -0.1) is 5.06 Å². The van der Waals surface area contributed by atoms with E-state index in [4.69, 9.17) is 16.4 Å². The highest BCUT2D eigenvalue weighted by atomic mass is 35.5. The number of anilines is 1. The third kappa shape index (κ3) is 4.64. The lowest BCUT2D eigenvalue weighted by atomic mass is 10.1. The molecule has 0 spiro atoms. The number of aromatic nitrogens is 2. The van der Waals surface area contributed by atoms with Gasteiger partial charge < -0.3 is 20.4 Å². The summed E-state index contributed by atoms with van der Waals surface area (Å²) in [5, 5.41) is 8.26. The van der Waals surface area contributed by atoms with Crippen molar-refractivity contribution in [1.29, 1.82) is 0 Å². The maximum atomic E-state index is 13.6. The standard InChI is InChI=1S/C19H22ClFN6O2/c20-16-11-13(21)1-2-14(16)17-15(18(28)29-27-9-5-23-6-10-27)12-24-19(25-17)26-7-3-22-4-8-26/h1-2,11-12,22-23H,3-10H2. The predicted molar refractivity (Wildman–Crippen MR) is 107 cm³/mol. The average molecular weight is 421 g/mol. The van der Waals surface area contributed by atoms with E-state index in [1.807, 2.05) is 4.90 Å². The summed E-state index contributed by atoms with van der Waals surface area (Å²) in [5.74, 6) is -0.519. The summed E-state index contributed by atoms with van der Waals surface area (Å²) in [7, 11) is 0. The van der Waals surface area contributed by atoms with E-state index in [0.717, 1.165) is 39.3 Å². The molecular formula is C19H22ClFN6O2. The van der Waals surface area contributed by atoms with E-state index in [9.17, 15) is 9.18 Å². The zero-order chi connectivity index (χ0) is 20.2. The second kappa shape index (κ2) is 9.00. The fourth-order valence-corrected chi connectivity index (χ4v) is 3.58. The molecule has 2 fully saturated rings. The van der Waals surface area contributed by atoms with Crippen LogP contribution in [-0.2, 0) is 4.84 Å². The van der Waals surface area contributed by atoms with Gasteiger partial charge in [0, 0.05) is 64.1 Å². The highest BCUT2D eigenvalue weighted by molar-refractivity contribution is 6.33. The van der Waals surface area contributed by atoms with Crippen molar-refractivity contribution < 1.29 is 14.0 Å². The van der Waals surface area contributed by atoms with Crippen LogP contribution in [0.3, 0.4) is 0 Å². The van der Waals surface area contributed by atoms with Crippen molar-refractivity contribution in [2.24, 2.45) is 0 Å². The van der Waals surface area contributed by atoms with Gasteiger partial charge in [-0.25, -0.2) is 19.2 Å². The molecule has 10 heteroatoms. The molecule has 2 aromatic rings. The van der Waals surface area contributed by atoms with Crippen LogP contribution in [0, 0.1) is 5.82 Å². The summed E-state index contributed by atoms with van der Waals surface area (Å²) in [6.45, 7) is 5.81. The van der Waals surface area contributed by atoms with Crippen LogP contribution in [0.2, 0.25) is 5.02 Å². The molecule has 154 valence electrons. The Morgan fingerprint density at radius 1 is 1.10 bits per heavy atom. The molecule has 0 saturated carbocycles. The van der Waals surface area contributed by atoms with Gasteiger partial charge in [0.25, 0.3) is 0 Å². The lowest BCUT2D eigenvalue weighted by molar-refractivity contribution is -0.115. The van der Waals surface area contributed by atoms with Gasteiger partial charge in [0.05, 0.1) is 10.7 Å². The topological polar surface area (TPSA) is 82.6 Å². The first kappa shape index (κ1) is 20.0. The zero-order valence-corrected chi connectivity index (χ0v) is 16.6. The molecule has 29 heavy (non-hydrogen) atoms. The van der Waals surface area contributed by atoms with Crippen molar-refractivity contribution in [1.82, 2.24) is 25.7 Å². The molecule has 1 aromatic heterocycles. The summed E-state index contributed by atoms with van der Waals surface area (Å²) in [6, 6.07) is 4.01. The SMILES string of the molecule is O=C(ON1CCNCC1)c1cnc(N2CCNCC2)nc1-c1ccc(F)cc1Cl. The minimum absolute atomic E-state index is 0.172. The van der Waals surface area contributed by atoms with Crippen LogP contribution < -0.4 is 15.5 Å². The van der Waals surface area contributed by atoms with Gasteiger partial charge in [0.1, 0.15) is 11.4 Å². The molecule has 2 N–H and O–H groups in total. The summed E-state index contributed by atoms with van der Waals surface area (Å²) < 4.78 is 13.6. The Labute approximate surface area is 173 Å². The van der Waals surface area contributed by atoms with Crippen molar-refractivity contribution in [3.63, 3.8) is 0 Å². The Kier molecular flexibility index (Phi) is 6.19. The van der Waals surface area contributed by atoms with Crippen LogP contribution in [0.4, 0.5) is 10.3 Å². The van der Waals surface area contributed by atoms with E-state index in [0.29, 0.717) is 30.3 Å². The number of rotatable bonds is 4. The highest BCUT2D eigenvalue weighted by Gasteiger charge is 2.24. The number of piperazine rings is 2. The van der Waals surface area contributed by atoms with Gasteiger partial charge in [-0.1, -0.05) is 11.6 Å². The molecule has 0 radical (unpaired) electrons. The monoisotopic (exact) mass is 420 g/mol. The second-order valence-electron chi connectivity index (χ2n) is 6.85. The predicted octanol–water partition coefficient (Wildman–Crippen LogP) is 1.32. The third-order valence-corrected chi connectivity index (χ3v) is 5.18. The van der Waals surface area contributed by atoms with Gasteiger partial charge in [0.2, 0.25) is 5.95 Å². The largest absolute Gasteiger partial charge is 0.364 e. The number of hydrogen-bond donors (Lipinski definition) is 2. The fourth-order valence-electron chi connectivity index (χ4n) is 3.33. The Balaban J connectivity index is 1.69. The first-order valence-corrected chi connectivity index (χ1v) is 9.96. The van der Waals surface area contributed by atoms with Crippen LogP contribution in [0.5, 0.6) is 0 Å². The number of halogens is 2. The van der Waals surface area contributed by atoms with Crippen LogP contribution in [-0.4, -0.2) is 73.4 Å². The molecule has 0 aliphatic carbocycles. The van der Waals surface area contributed by atoms with E-state index in [-0.39, 0.29) is 10.6 Å². The summed E-state index contributed by atoms with van der Waals surface area (Å²) in [4.78, 5) is 29.4. The van der Waals surface area contributed by atoms with E-state index < -0.39 is 11.8 Å². The number of hydroxylamine groups is 2. The fraction of sp³-hybridized carbons (Fsp3) is 0.421. The second-order valence-corrected chi connectivity index (χ2v) is 7.26. The number of carbonyl (C=O) groups excluding carboxylic acids is 1. The first-order valence-electron chi connectivity index (χ1n) is 9.58. The van der Waals surface area contributed by atoms with E-state index in [1.165, 1.54) is 24.4 Å². The van der Waals surface area contributed by atoms with Gasteiger partial charge in [-0.2, -0.15) is 0 Å². The molecule has 0 bridgehead atoms. The Morgan fingerprint density at radius 2 is 1.79 bits per heavy atom. The molecule has 0 atom stereocenters. The molecule has 4 rings (SSSR count). The van der Waals surface area contributed by atoms with Crippen molar-refractivity contribution >= 4 is 23.5 Å². The zero-order valence-electron chi connectivity index (χ0n) is 15.8. The van der Waals surface area contributed by atoms with Gasteiger partial charge in [-0.05, 0) is 18.2 Å². The molecule has 2 saturated heterocycles. The number of hydrogen-bond acceptors (Lipinski definition) is 8. The average Bonchev–Trinajstić information content (AvgIpc) is 2.75. The van der Waals surface area contributed by atoms with Crippen molar-refractivity contribution in [3.05, 3.63) is 40.8 Å². The van der Waals surface area contributed by atoms with Crippen molar-refractivity contribution in [2.75, 3.05) is 57.3 Å². The minimum Gasteiger partial charge on any atom is -0.364 e. The normalized spacial score (nSPS) is 17.9. The quantitative estimate of drug-likeness (QED) is 0.766. The van der Waals surface area contributed by atoms with Gasteiger partial charge in [-0.3, -0.25) is 0 Å². The molecule has 0 amide bonds. The summed E-state index contributed by atoms with van der Waals surface area (Å²) in [6.07, 6.45) is 1.46. The first-order chi connectivity index (χ1) is 14.1. The molecule has 2 aliphatic rings. The van der Waals surface area contributed by atoms with Crippen LogP contribution >= 0.6 is 11.6 Å². The number of benzene rings is 1. The smallest absolute Gasteiger partial charge is 0.360 e. The maximum absolute atomic E-state index is 13.6. The molecule has 1 aromatic carbocycles. The summed E-state index contributed by atoms with van der Waals surface area (Å²) in [5.41, 5.74) is 0.980. The highest BCUT2D eigenvalue weighted by Crippen LogP contribution is 2.31.